The van der Waals surface area contributed by atoms with E-state index in [1.807, 2.05) is 48.5 Å². The van der Waals surface area contributed by atoms with Gasteiger partial charge in [0, 0.05) is 43.5 Å². The van der Waals surface area contributed by atoms with Gasteiger partial charge in [-0.25, -0.2) is 0 Å². The first-order valence-corrected chi connectivity index (χ1v) is 16.1. The number of rotatable bonds is 11. The maximum absolute atomic E-state index is 12.7. The molecule has 1 saturated heterocycles. The normalized spacial score (nSPS) is 19.4. The predicted octanol–water partition coefficient (Wildman–Crippen LogP) is 7.09. The van der Waals surface area contributed by atoms with Gasteiger partial charge in [0.05, 0.1) is 24.4 Å². The van der Waals surface area contributed by atoms with E-state index in [9.17, 15) is 9.90 Å². The minimum absolute atomic E-state index is 0.00630. The van der Waals surface area contributed by atoms with Gasteiger partial charge in [0.2, 0.25) is 0 Å². The van der Waals surface area contributed by atoms with Crippen molar-refractivity contribution in [3.05, 3.63) is 161 Å². The molecule has 7 nitrogen and oxygen atoms in total. The van der Waals surface area contributed by atoms with Crippen LogP contribution in [-0.4, -0.2) is 40.6 Å². The molecule has 5 aromatic rings. The number of pyridine rings is 1. The van der Waals surface area contributed by atoms with E-state index < -0.39 is 6.29 Å². The van der Waals surface area contributed by atoms with Crippen molar-refractivity contribution in [3.63, 3.8) is 0 Å². The number of benzene rings is 4. The Morgan fingerprint density at radius 3 is 2.28 bits per heavy atom. The van der Waals surface area contributed by atoms with Gasteiger partial charge in [0.15, 0.2) is 6.29 Å². The maximum Gasteiger partial charge on any atom is 0.253 e. The van der Waals surface area contributed by atoms with Gasteiger partial charge in [0.1, 0.15) is 0 Å². The van der Waals surface area contributed by atoms with Gasteiger partial charge in [-0.2, -0.15) is 0 Å². The van der Waals surface area contributed by atoms with Crippen molar-refractivity contribution in [2.45, 2.75) is 45.1 Å². The lowest BCUT2D eigenvalue weighted by Crippen LogP contribution is -2.43. The smallest absolute Gasteiger partial charge is 0.253 e. The van der Waals surface area contributed by atoms with Crippen LogP contribution in [0.1, 0.15) is 57.5 Å². The third-order valence-electron chi connectivity index (χ3n) is 8.78. The summed E-state index contributed by atoms with van der Waals surface area (Å²) in [5.41, 5.74) is 7.78. The number of hydrogen-bond acceptors (Lipinski definition) is 6. The first-order valence-electron chi connectivity index (χ1n) is 16.1. The summed E-state index contributed by atoms with van der Waals surface area (Å²) in [6, 6.07) is 38.4. The Balaban J connectivity index is 1.21. The molecule has 0 radical (unpaired) electrons. The largest absolute Gasteiger partial charge is 0.392 e. The summed E-state index contributed by atoms with van der Waals surface area (Å²) in [5.74, 6) is -0.0638. The highest BCUT2D eigenvalue weighted by atomic mass is 16.7. The molecule has 2 heterocycles. The number of nitrogens with one attached hydrogen (secondary N) is 1. The zero-order valence-electron chi connectivity index (χ0n) is 26.8. The van der Waals surface area contributed by atoms with Crippen molar-refractivity contribution in [2.75, 3.05) is 13.6 Å². The van der Waals surface area contributed by atoms with Crippen LogP contribution in [0.3, 0.4) is 0 Å². The lowest BCUT2D eigenvalue weighted by molar-refractivity contribution is -0.276. The van der Waals surface area contributed by atoms with Gasteiger partial charge in [-0.1, -0.05) is 110 Å². The van der Waals surface area contributed by atoms with Gasteiger partial charge >= 0.3 is 0 Å². The van der Waals surface area contributed by atoms with Gasteiger partial charge in [-0.15, -0.1) is 0 Å². The number of hydrogen-bond donors (Lipinski definition) is 2. The highest BCUT2D eigenvalue weighted by molar-refractivity contribution is 5.93. The molecular weight excluding hydrogens is 586 g/mol. The van der Waals surface area contributed by atoms with E-state index in [1.165, 1.54) is 5.56 Å². The number of ether oxygens (including phenoxy) is 2. The first-order chi connectivity index (χ1) is 23.0. The topological polar surface area (TPSA) is 83.9 Å². The second-order valence-corrected chi connectivity index (χ2v) is 12.2. The lowest BCUT2D eigenvalue weighted by atomic mass is 9.90. The molecule has 0 spiro atoms. The Labute approximate surface area is 276 Å². The Morgan fingerprint density at radius 1 is 0.830 bits per heavy atom. The van der Waals surface area contributed by atoms with Crippen molar-refractivity contribution in [2.24, 2.45) is 5.92 Å². The number of carbonyl (C=O) groups excluding carboxylic acids is 1. The van der Waals surface area contributed by atoms with Crippen molar-refractivity contribution >= 4 is 5.91 Å². The standard InChI is InChI=1S/C40H41N3O4/c1-28-37(26-43(2)25-29-9-4-3-5-10-29)46-40(47-38(28)32-16-14-30(27-44)15-17-32)33-20-18-31(19-21-33)36-13-7-6-11-34(36)24-42-39(45)35-12-8-22-41-23-35/h3-23,28,37-38,40,44H,24-27H2,1-2H3,(H,42,45). The molecule has 0 aliphatic carbocycles. The molecule has 6 rings (SSSR count). The van der Waals surface area contributed by atoms with Crippen LogP contribution in [0.4, 0.5) is 0 Å². The van der Waals surface area contributed by atoms with Crippen LogP contribution < -0.4 is 5.32 Å². The number of carbonyl (C=O) groups is 1. The van der Waals surface area contributed by atoms with Crippen molar-refractivity contribution in [3.8, 4) is 11.1 Å². The van der Waals surface area contributed by atoms with Gasteiger partial charge in [-0.3, -0.25) is 14.7 Å². The highest BCUT2D eigenvalue weighted by Gasteiger charge is 2.38. The molecule has 4 aromatic carbocycles. The minimum atomic E-state index is -0.549. The summed E-state index contributed by atoms with van der Waals surface area (Å²) in [6.07, 6.45) is 2.41. The average molecular weight is 628 g/mol. The van der Waals surface area contributed by atoms with Crippen LogP contribution in [0, 0.1) is 5.92 Å². The van der Waals surface area contributed by atoms with Crippen LogP contribution in [0.2, 0.25) is 0 Å². The van der Waals surface area contributed by atoms with E-state index in [1.54, 1.807) is 24.5 Å². The molecule has 1 aromatic heterocycles. The quantitative estimate of drug-likeness (QED) is 0.163. The Bertz CT molecular complexity index is 1730. The molecule has 240 valence electrons. The number of likely N-dealkylation sites (N-methyl/N-ethyl adjacent to an activating group) is 1. The molecular formula is C40H41N3O4. The number of aromatic nitrogens is 1. The molecule has 4 atom stereocenters. The molecule has 1 aliphatic heterocycles. The van der Waals surface area contributed by atoms with Gasteiger partial charge in [0.25, 0.3) is 5.91 Å². The Hall–Kier alpha value is -4.66. The van der Waals surface area contributed by atoms with E-state index in [0.29, 0.717) is 12.1 Å². The monoisotopic (exact) mass is 627 g/mol. The summed E-state index contributed by atoms with van der Waals surface area (Å²) in [5, 5.41) is 12.6. The summed E-state index contributed by atoms with van der Waals surface area (Å²) in [7, 11) is 2.13. The molecule has 1 aliphatic rings. The third kappa shape index (κ3) is 8.02. The Kier molecular flexibility index (Phi) is 10.5. The fraction of sp³-hybridized carbons (Fsp3) is 0.250. The fourth-order valence-electron chi connectivity index (χ4n) is 6.15. The van der Waals surface area contributed by atoms with Crippen LogP contribution >= 0.6 is 0 Å². The van der Waals surface area contributed by atoms with Crippen LogP contribution in [-0.2, 0) is 29.2 Å². The highest BCUT2D eigenvalue weighted by Crippen LogP contribution is 2.42. The summed E-state index contributed by atoms with van der Waals surface area (Å²) < 4.78 is 13.4. The van der Waals surface area contributed by atoms with Crippen molar-refractivity contribution in [1.82, 2.24) is 15.2 Å². The van der Waals surface area contributed by atoms with E-state index in [-0.39, 0.29) is 30.6 Å². The minimum Gasteiger partial charge on any atom is -0.392 e. The second-order valence-electron chi connectivity index (χ2n) is 12.2. The molecule has 2 N–H and O–H groups in total. The SMILES string of the molecule is CC1C(CN(C)Cc2ccccc2)OC(c2ccc(-c3ccccc3CNC(=O)c3cccnc3)cc2)OC1c1ccc(CO)cc1. The zero-order chi connectivity index (χ0) is 32.6. The molecule has 7 heteroatoms. The number of nitrogens with zero attached hydrogens (tertiary/aromatic N) is 2. The second kappa shape index (κ2) is 15.3. The average Bonchev–Trinajstić information content (AvgIpc) is 3.12. The number of aliphatic hydroxyl groups is 1. The third-order valence-corrected chi connectivity index (χ3v) is 8.78. The van der Waals surface area contributed by atoms with Crippen molar-refractivity contribution < 1.29 is 19.4 Å². The summed E-state index contributed by atoms with van der Waals surface area (Å²) in [6.45, 7) is 4.16. The number of amides is 1. The van der Waals surface area contributed by atoms with E-state index >= 15 is 0 Å². The summed E-state index contributed by atoms with van der Waals surface area (Å²) in [4.78, 5) is 19.0. The van der Waals surface area contributed by atoms with Gasteiger partial charge in [-0.05, 0) is 52.6 Å². The van der Waals surface area contributed by atoms with E-state index in [0.717, 1.165) is 46.5 Å². The molecule has 1 amide bonds. The zero-order valence-corrected chi connectivity index (χ0v) is 26.8. The van der Waals surface area contributed by atoms with E-state index in [2.05, 4.69) is 83.8 Å². The molecule has 0 saturated carbocycles. The maximum atomic E-state index is 12.7. The lowest BCUT2D eigenvalue weighted by Gasteiger charge is -2.42. The Morgan fingerprint density at radius 2 is 1.55 bits per heavy atom. The molecule has 0 bridgehead atoms. The van der Waals surface area contributed by atoms with E-state index in [4.69, 9.17) is 9.47 Å². The van der Waals surface area contributed by atoms with Crippen LogP contribution in [0.25, 0.3) is 11.1 Å². The number of aliphatic hydroxyl groups excluding tert-OH is 1. The fourth-order valence-corrected chi connectivity index (χ4v) is 6.15. The summed E-state index contributed by atoms with van der Waals surface area (Å²) >= 11 is 0. The first kappa shape index (κ1) is 32.3. The molecule has 1 fully saturated rings. The molecule has 4 unspecified atom stereocenters. The molecule has 47 heavy (non-hydrogen) atoms. The van der Waals surface area contributed by atoms with Crippen LogP contribution in [0.15, 0.2) is 128 Å². The van der Waals surface area contributed by atoms with Gasteiger partial charge < -0.3 is 19.9 Å². The van der Waals surface area contributed by atoms with Crippen LogP contribution in [0.5, 0.6) is 0 Å². The van der Waals surface area contributed by atoms with Crippen molar-refractivity contribution in [1.29, 1.82) is 0 Å². The predicted molar refractivity (Wildman–Crippen MR) is 183 cm³/mol.